The van der Waals surface area contributed by atoms with E-state index in [1.807, 2.05) is 12.1 Å². The van der Waals surface area contributed by atoms with Crippen molar-refractivity contribution in [1.29, 1.82) is 0 Å². The lowest BCUT2D eigenvalue weighted by Gasteiger charge is -2.24. The summed E-state index contributed by atoms with van der Waals surface area (Å²) in [5, 5.41) is 13.4. The molecule has 0 heterocycles. The number of phenolic OH excluding ortho intramolecular Hbond substituents is 1. The van der Waals surface area contributed by atoms with Crippen LogP contribution in [0.25, 0.3) is 0 Å². The summed E-state index contributed by atoms with van der Waals surface area (Å²) < 4.78 is 1.48. The Kier molecular flexibility index (Phi) is 6.37. The summed E-state index contributed by atoms with van der Waals surface area (Å²) in [6.07, 6.45) is 8.29. The van der Waals surface area contributed by atoms with E-state index in [1.165, 1.54) is 44.1 Å². The zero-order chi connectivity index (χ0) is 14.5. The van der Waals surface area contributed by atoms with E-state index < -0.39 is 0 Å². The first-order chi connectivity index (χ1) is 9.58. The highest BCUT2D eigenvalue weighted by atomic mass is 79.9. The Labute approximate surface area is 138 Å². The molecule has 0 spiro atoms. The Morgan fingerprint density at radius 2 is 1.70 bits per heavy atom. The number of benzene rings is 1. The standard InChI is InChI=1S/C16H23Br2NO/c1-11(13-6-4-2-3-5-7-13)19-10-12-8-14(17)16(20)15(18)9-12/h8-9,11,13,19-20H,2-7,10H2,1H3/t11-/m0/s1. The lowest BCUT2D eigenvalue weighted by molar-refractivity contribution is 0.336. The molecule has 1 saturated carbocycles. The zero-order valence-corrected chi connectivity index (χ0v) is 15.1. The largest absolute Gasteiger partial charge is 0.506 e. The second-order valence-electron chi connectivity index (χ2n) is 5.83. The molecule has 1 aliphatic rings. The SMILES string of the molecule is C[C@H](NCc1cc(Br)c(O)c(Br)c1)C1CCCCCC1. The minimum atomic E-state index is 0.269. The average molecular weight is 405 g/mol. The van der Waals surface area contributed by atoms with E-state index in [9.17, 15) is 5.11 Å². The highest BCUT2D eigenvalue weighted by Gasteiger charge is 2.18. The molecule has 0 aromatic heterocycles. The molecule has 0 unspecified atom stereocenters. The van der Waals surface area contributed by atoms with Crippen LogP contribution in [0.1, 0.15) is 51.0 Å². The van der Waals surface area contributed by atoms with Gasteiger partial charge in [-0.2, -0.15) is 0 Å². The molecule has 112 valence electrons. The lowest BCUT2D eigenvalue weighted by atomic mass is 9.93. The minimum absolute atomic E-state index is 0.269. The van der Waals surface area contributed by atoms with Crippen LogP contribution >= 0.6 is 31.9 Å². The number of phenols is 1. The van der Waals surface area contributed by atoms with E-state index in [2.05, 4.69) is 44.1 Å². The van der Waals surface area contributed by atoms with Gasteiger partial charge in [-0.1, -0.05) is 25.7 Å². The van der Waals surface area contributed by atoms with Gasteiger partial charge in [-0.25, -0.2) is 0 Å². The van der Waals surface area contributed by atoms with E-state index in [-0.39, 0.29) is 5.75 Å². The molecule has 1 aliphatic carbocycles. The van der Waals surface area contributed by atoms with E-state index in [1.54, 1.807) is 0 Å². The number of rotatable bonds is 4. The maximum absolute atomic E-state index is 9.73. The van der Waals surface area contributed by atoms with Gasteiger partial charge in [0.2, 0.25) is 0 Å². The first kappa shape index (κ1) is 16.3. The minimum Gasteiger partial charge on any atom is -0.506 e. The van der Waals surface area contributed by atoms with Crippen LogP contribution in [-0.4, -0.2) is 11.1 Å². The molecule has 1 fully saturated rings. The number of hydrogen-bond donors (Lipinski definition) is 2. The van der Waals surface area contributed by atoms with Crippen LogP contribution in [0.5, 0.6) is 5.75 Å². The molecule has 0 amide bonds. The summed E-state index contributed by atoms with van der Waals surface area (Å²) >= 11 is 6.77. The number of halogens is 2. The topological polar surface area (TPSA) is 32.3 Å². The quantitative estimate of drug-likeness (QED) is 0.661. The van der Waals surface area contributed by atoms with Crippen molar-refractivity contribution in [2.75, 3.05) is 0 Å². The molecule has 2 nitrogen and oxygen atoms in total. The third-order valence-corrected chi connectivity index (χ3v) is 5.52. The molecule has 0 bridgehead atoms. The molecule has 1 atom stereocenters. The third kappa shape index (κ3) is 4.47. The third-order valence-electron chi connectivity index (χ3n) is 4.31. The molecule has 2 rings (SSSR count). The normalized spacial score (nSPS) is 18.8. The van der Waals surface area contributed by atoms with Crippen molar-refractivity contribution in [3.05, 3.63) is 26.6 Å². The fourth-order valence-corrected chi connectivity index (χ4v) is 4.26. The molecular weight excluding hydrogens is 382 g/mol. The predicted octanol–water partition coefficient (Wildman–Crippen LogP) is 5.37. The second kappa shape index (κ2) is 7.81. The summed E-state index contributed by atoms with van der Waals surface area (Å²) in [5.74, 6) is 1.08. The smallest absolute Gasteiger partial charge is 0.143 e. The van der Waals surface area contributed by atoms with E-state index in [4.69, 9.17) is 0 Å². The first-order valence-electron chi connectivity index (χ1n) is 7.48. The molecule has 20 heavy (non-hydrogen) atoms. The highest BCUT2D eigenvalue weighted by molar-refractivity contribution is 9.11. The Morgan fingerprint density at radius 3 is 2.25 bits per heavy atom. The van der Waals surface area contributed by atoms with Gasteiger partial charge in [0.05, 0.1) is 8.95 Å². The monoisotopic (exact) mass is 403 g/mol. The van der Waals surface area contributed by atoms with Crippen LogP contribution in [0.2, 0.25) is 0 Å². The van der Waals surface area contributed by atoms with Gasteiger partial charge in [0, 0.05) is 12.6 Å². The number of nitrogens with one attached hydrogen (secondary N) is 1. The summed E-state index contributed by atoms with van der Waals surface area (Å²) in [6, 6.07) is 4.51. The Bertz CT molecular complexity index is 419. The van der Waals surface area contributed by atoms with Gasteiger partial charge in [0.15, 0.2) is 0 Å². The van der Waals surface area contributed by atoms with Crippen molar-refractivity contribution in [3.63, 3.8) is 0 Å². The summed E-state index contributed by atoms with van der Waals surface area (Å²) in [4.78, 5) is 0. The van der Waals surface area contributed by atoms with Crippen LogP contribution in [-0.2, 0) is 6.54 Å². The lowest BCUT2D eigenvalue weighted by Crippen LogP contribution is -2.32. The van der Waals surface area contributed by atoms with Crippen LogP contribution in [0.4, 0.5) is 0 Å². The highest BCUT2D eigenvalue weighted by Crippen LogP contribution is 2.33. The Morgan fingerprint density at radius 1 is 1.15 bits per heavy atom. The fraction of sp³-hybridized carbons (Fsp3) is 0.625. The maximum atomic E-state index is 9.73. The van der Waals surface area contributed by atoms with Gasteiger partial charge < -0.3 is 10.4 Å². The second-order valence-corrected chi connectivity index (χ2v) is 7.54. The van der Waals surface area contributed by atoms with Crippen molar-refractivity contribution in [2.45, 2.75) is 58.0 Å². The van der Waals surface area contributed by atoms with E-state index in [0.29, 0.717) is 6.04 Å². The van der Waals surface area contributed by atoms with Crippen molar-refractivity contribution in [3.8, 4) is 5.75 Å². The molecule has 0 radical (unpaired) electrons. The van der Waals surface area contributed by atoms with Gasteiger partial charge in [-0.3, -0.25) is 0 Å². The molecule has 1 aromatic carbocycles. The Balaban J connectivity index is 1.90. The summed E-state index contributed by atoms with van der Waals surface area (Å²) in [6.45, 7) is 3.15. The van der Waals surface area contributed by atoms with Crippen LogP contribution < -0.4 is 5.32 Å². The van der Waals surface area contributed by atoms with Gasteiger partial charge >= 0.3 is 0 Å². The molecule has 1 aromatic rings. The summed E-state index contributed by atoms with van der Waals surface area (Å²) in [5.41, 5.74) is 1.18. The molecule has 0 saturated heterocycles. The molecule has 2 N–H and O–H groups in total. The zero-order valence-electron chi connectivity index (χ0n) is 12.0. The fourth-order valence-electron chi connectivity index (χ4n) is 2.98. The molecular formula is C16H23Br2NO. The van der Waals surface area contributed by atoms with E-state index in [0.717, 1.165) is 21.4 Å². The van der Waals surface area contributed by atoms with Gasteiger partial charge in [0.1, 0.15) is 5.75 Å². The number of aromatic hydroxyl groups is 1. The van der Waals surface area contributed by atoms with Gasteiger partial charge in [-0.15, -0.1) is 0 Å². The van der Waals surface area contributed by atoms with Crippen LogP contribution in [0, 0.1) is 5.92 Å². The van der Waals surface area contributed by atoms with E-state index >= 15 is 0 Å². The summed E-state index contributed by atoms with van der Waals surface area (Å²) in [7, 11) is 0. The molecule has 0 aliphatic heterocycles. The van der Waals surface area contributed by atoms with Crippen molar-refractivity contribution < 1.29 is 5.11 Å². The molecule has 4 heteroatoms. The Hall–Kier alpha value is -0.0600. The van der Waals surface area contributed by atoms with Crippen molar-refractivity contribution in [2.24, 2.45) is 5.92 Å². The van der Waals surface area contributed by atoms with Crippen molar-refractivity contribution >= 4 is 31.9 Å². The maximum Gasteiger partial charge on any atom is 0.143 e. The van der Waals surface area contributed by atoms with Crippen LogP contribution in [0.15, 0.2) is 21.1 Å². The average Bonchev–Trinajstić information content (AvgIpc) is 2.71. The van der Waals surface area contributed by atoms with Gasteiger partial charge in [-0.05, 0) is 75.2 Å². The predicted molar refractivity (Wildman–Crippen MR) is 91.0 cm³/mol. The number of hydrogen-bond acceptors (Lipinski definition) is 2. The first-order valence-corrected chi connectivity index (χ1v) is 9.07. The van der Waals surface area contributed by atoms with Crippen molar-refractivity contribution in [1.82, 2.24) is 5.32 Å². The van der Waals surface area contributed by atoms with Crippen LogP contribution in [0.3, 0.4) is 0 Å². The van der Waals surface area contributed by atoms with Gasteiger partial charge in [0.25, 0.3) is 0 Å².